The first-order chi connectivity index (χ1) is 15.7. The lowest BCUT2D eigenvalue weighted by Gasteiger charge is -2.49. The summed E-state index contributed by atoms with van der Waals surface area (Å²) in [5.41, 5.74) is 2.00. The maximum absolute atomic E-state index is 12.9. The third-order valence-electron chi connectivity index (χ3n) is 5.51. The zero-order valence-electron chi connectivity index (χ0n) is 19.1. The minimum atomic E-state index is -0.763. The number of nitrogens with zero attached hydrogens (tertiary/aromatic N) is 1. The first-order valence-corrected chi connectivity index (χ1v) is 13.1. The van der Waals surface area contributed by atoms with Crippen LogP contribution in [0.3, 0.4) is 0 Å². The number of para-hydroxylation sites is 1. The number of carbonyl (C=O) groups is 3. The van der Waals surface area contributed by atoms with E-state index in [0.717, 1.165) is 21.7 Å². The van der Waals surface area contributed by atoms with Gasteiger partial charge >= 0.3 is 11.9 Å². The highest BCUT2D eigenvalue weighted by atomic mass is 32.2. The van der Waals surface area contributed by atoms with Crippen molar-refractivity contribution in [1.29, 1.82) is 0 Å². The molecule has 0 radical (unpaired) electrons. The number of thioether (sulfide) groups is 3. The zero-order chi connectivity index (χ0) is 24.0. The largest absolute Gasteiger partial charge is 0.462 e. The molecule has 6 nitrogen and oxygen atoms in total. The van der Waals surface area contributed by atoms with Gasteiger partial charge in [0.2, 0.25) is 5.91 Å². The van der Waals surface area contributed by atoms with Crippen molar-refractivity contribution in [2.75, 3.05) is 18.1 Å². The highest BCUT2D eigenvalue weighted by Gasteiger charge is 2.53. The molecule has 0 unspecified atom stereocenters. The molecule has 3 aliphatic heterocycles. The second-order valence-corrected chi connectivity index (χ2v) is 11.8. The molecule has 1 aromatic carbocycles. The van der Waals surface area contributed by atoms with Gasteiger partial charge < -0.3 is 14.4 Å². The van der Waals surface area contributed by atoms with Crippen molar-refractivity contribution in [1.82, 2.24) is 0 Å². The summed E-state index contributed by atoms with van der Waals surface area (Å²) in [6.45, 7) is 9.60. The molecule has 0 fully saturated rings. The Morgan fingerprint density at radius 3 is 2.27 bits per heavy atom. The summed E-state index contributed by atoms with van der Waals surface area (Å²) >= 11 is 4.18. The highest BCUT2D eigenvalue weighted by molar-refractivity contribution is 8.25. The second-order valence-electron chi connectivity index (χ2n) is 8.06. The number of carbonyl (C=O) groups excluding carboxylic acids is 3. The predicted octanol–water partition coefficient (Wildman–Crippen LogP) is 5.32. The molecule has 4 rings (SSSR count). The van der Waals surface area contributed by atoms with E-state index >= 15 is 0 Å². The molecule has 33 heavy (non-hydrogen) atoms. The SMILES string of the molecule is CCOC(=O)C1=C[C@]2(SC=C(C(=O)OCC)S2)C2=C(S1)C(C)(C)N(C(C)=O)c1ccccc12. The van der Waals surface area contributed by atoms with E-state index in [4.69, 9.17) is 9.47 Å². The van der Waals surface area contributed by atoms with E-state index in [-0.39, 0.29) is 25.1 Å². The topological polar surface area (TPSA) is 72.9 Å². The first-order valence-electron chi connectivity index (χ1n) is 10.6. The summed E-state index contributed by atoms with van der Waals surface area (Å²) in [5.74, 6) is -0.881. The third-order valence-corrected chi connectivity index (χ3v) is 9.76. The Morgan fingerprint density at radius 2 is 1.64 bits per heavy atom. The van der Waals surface area contributed by atoms with Gasteiger partial charge in [-0.2, -0.15) is 0 Å². The third kappa shape index (κ3) is 3.94. The molecule has 1 atom stereocenters. The van der Waals surface area contributed by atoms with Crippen molar-refractivity contribution in [2.24, 2.45) is 0 Å². The maximum Gasteiger partial charge on any atom is 0.345 e. The van der Waals surface area contributed by atoms with Crippen molar-refractivity contribution >= 4 is 64.4 Å². The molecule has 0 bridgehead atoms. The van der Waals surface area contributed by atoms with Gasteiger partial charge in [-0.1, -0.05) is 41.7 Å². The van der Waals surface area contributed by atoms with Crippen LogP contribution in [0.5, 0.6) is 0 Å². The Bertz CT molecular complexity index is 1140. The summed E-state index contributed by atoms with van der Waals surface area (Å²) in [6.07, 6.45) is 1.89. The highest BCUT2D eigenvalue weighted by Crippen LogP contribution is 2.66. The van der Waals surface area contributed by atoms with Crippen molar-refractivity contribution in [3.63, 3.8) is 0 Å². The van der Waals surface area contributed by atoms with Crippen LogP contribution in [0.15, 0.2) is 50.5 Å². The van der Waals surface area contributed by atoms with Gasteiger partial charge in [0, 0.05) is 23.0 Å². The Morgan fingerprint density at radius 1 is 1.00 bits per heavy atom. The lowest BCUT2D eigenvalue weighted by Crippen LogP contribution is -2.52. The Labute approximate surface area is 206 Å². The van der Waals surface area contributed by atoms with Crippen LogP contribution in [0.25, 0.3) is 5.57 Å². The second kappa shape index (κ2) is 8.92. The lowest BCUT2D eigenvalue weighted by atomic mass is 9.85. The van der Waals surface area contributed by atoms with Crippen molar-refractivity contribution in [2.45, 2.75) is 44.2 Å². The van der Waals surface area contributed by atoms with Gasteiger partial charge in [0.05, 0.1) is 29.3 Å². The van der Waals surface area contributed by atoms with Crippen molar-refractivity contribution in [3.05, 3.63) is 56.0 Å². The number of esters is 2. The van der Waals surface area contributed by atoms with Gasteiger partial charge in [0.1, 0.15) is 8.98 Å². The average Bonchev–Trinajstić information content (AvgIpc) is 3.17. The van der Waals surface area contributed by atoms with E-state index in [1.807, 2.05) is 44.2 Å². The number of ether oxygens (including phenoxy) is 2. The quantitative estimate of drug-likeness (QED) is 0.512. The molecule has 0 saturated carbocycles. The summed E-state index contributed by atoms with van der Waals surface area (Å²) in [7, 11) is 0. The molecule has 0 N–H and O–H groups in total. The number of hydrogen-bond acceptors (Lipinski definition) is 8. The van der Waals surface area contributed by atoms with E-state index in [9.17, 15) is 14.4 Å². The molecule has 1 spiro atoms. The smallest absolute Gasteiger partial charge is 0.345 e. The summed E-state index contributed by atoms with van der Waals surface area (Å²) in [6, 6.07) is 7.78. The van der Waals surface area contributed by atoms with E-state index in [2.05, 4.69) is 0 Å². The van der Waals surface area contributed by atoms with Gasteiger partial charge in [-0.05, 0) is 45.2 Å². The maximum atomic E-state index is 12.9. The molecule has 174 valence electrons. The number of anilines is 1. The van der Waals surface area contributed by atoms with E-state index < -0.39 is 15.6 Å². The zero-order valence-corrected chi connectivity index (χ0v) is 21.5. The van der Waals surface area contributed by atoms with Gasteiger partial charge in [-0.3, -0.25) is 4.79 Å². The van der Waals surface area contributed by atoms with Crippen molar-refractivity contribution in [3.8, 4) is 0 Å². The monoisotopic (exact) mass is 503 g/mol. The minimum absolute atomic E-state index is 0.0852. The normalized spacial score (nSPS) is 22.9. The molecular formula is C24H25NO5S3. The van der Waals surface area contributed by atoms with Crippen LogP contribution in [0, 0.1) is 0 Å². The fraction of sp³-hybridized carbons (Fsp3) is 0.375. The van der Waals surface area contributed by atoms with Crippen LogP contribution < -0.4 is 4.90 Å². The fourth-order valence-corrected chi connectivity index (χ4v) is 8.69. The van der Waals surface area contributed by atoms with Crippen LogP contribution in [-0.2, 0) is 23.9 Å². The molecule has 1 amide bonds. The first kappa shape index (κ1) is 24.0. The standard InChI is InChI=1S/C24H25NO5S3/c1-6-29-21(27)17-12-24(31-13-18(33-24)22(28)30-7-2)19-15-10-8-9-11-16(15)25(14(3)26)23(4,5)20(19)32-17/h8-13H,6-7H2,1-5H3/t24-/m1/s1. The van der Waals surface area contributed by atoms with Crippen LogP contribution in [0.4, 0.5) is 5.69 Å². The predicted molar refractivity (Wildman–Crippen MR) is 136 cm³/mol. The van der Waals surface area contributed by atoms with E-state index in [1.54, 1.807) is 31.1 Å². The Balaban J connectivity index is 1.93. The van der Waals surface area contributed by atoms with Gasteiger partial charge in [-0.25, -0.2) is 9.59 Å². The van der Waals surface area contributed by atoms with Crippen molar-refractivity contribution < 1.29 is 23.9 Å². The summed E-state index contributed by atoms with van der Waals surface area (Å²) in [4.78, 5) is 41.8. The average molecular weight is 504 g/mol. The molecule has 1 aromatic rings. The summed E-state index contributed by atoms with van der Waals surface area (Å²) in [5, 5.41) is 1.80. The minimum Gasteiger partial charge on any atom is -0.462 e. The fourth-order valence-electron chi connectivity index (χ4n) is 4.30. The number of amides is 1. The van der Waals surface area contributed by atoms with Crippen LogP contribution >= 0.6 is 35.3 Å². The van der Waals surface area contributed by atoms with E-state index in [1.165, 1.54) is 35.3 Å². The van der Waals surface area contributed by atoms with Gasteiger partial charge in [-0.15, -0.1) is 11.8 Å². The molecule has 0 aromatic heterocycles. The van der Waals surface area contributed by atoms with Gasteiger partial charge in [0.25, 0.3) is 0 Å². The molecule has 0 aliphatic carbocycles. The molecule has 3 aliphatic rings. The van der Waals surface area contributed by atoms with Crippen LogP contribution in [0.1, 0.15) is 40.2 Å². The van der Waals surface area contributed by atoms with Gasteiger partial charge in [0.15, 0.2) is 0 Å². The number of hydrogen-bond donors (Lipinski definition) is 0. The van der Waals surface area contributed by atoms with Crippen LogP contribution in [0.2, 0.25) is 0 Å². The lowest BCUT2D eigenvalue weighted by molar-refractivity contribution is -0.138. The number of fused-ring (bicyclic) bond motifs is 3. The van der Waals surface area contributed by atoms with Crippen LogP contribution in [-0.4, -0.2) is 40.7 Å². The molecule has 9 heteroatoms. The summed E-state index contributed by atoms with van der Waals surface area (Å²) < 4.78 is 9.81. The molecule has 3 heterocycles. The molecule has 0 saturated heterocycles. The van der Waals surface area contributed by atoms with E-state index in [0.29, 0.717) is 9.81 Å². The number of benzene rings is 1. The molecular weight excluding hydrogens is 478 g/mol. The Hall–Kier alpha value is -2.10. The number of rotatable bonds is 4. The Kier molecular flexibility index (Phi) is 6.50.